The second kappa shape index (κ2) is 7.78. The number of carbonyl (C=O) groups is 3. The largest absolute Gasteiger partial charge is 0.453 e. The van der Waals surface area contributed by atoms with E-state index in [-0.39, 0.29) is 23.9 Å². The van der Waals surface area contributed by atoms with Gasteiger partial charge in [-0.15, -0.1) is 0 Å². The van der Waals surface area contributed by atoms with Crippen LogP contribution in [0.5, 0.6) is 0 Å². The van der Waals surface area contributed by atoms with E-state index in [4.69, 9.17) is 4.74 Å². The number of H-pyrrole nitrogens is 1. The highest BCUT2D eigenvalue weighted by molar-refractivity contribution is 6.01. The van der Waals surface area contributed by atoms with Gasteiger partial charge in [0.2, 0.25) is 5.78 Å². The molecule has 0 bridgehead atoms. The molecule has 1 aromatic carbocycles. The lowest BCUT2D eigenvalue weighted by Gasteiger charge is -2.12. The highest BCUT2D eigenvalue weighted by Gasteiger charge is 2.20. The second-order valence-electron chi connectivity index (χ2n) is 7.78. The van der Waals surface area contributed by atoms with Crippen LogP contribution in [0.3, 0.4) is 0 Å². The predicted molar refractivity (Wildman–Crippen MR) is 113 cm³/mol. The predicted octanol–water partition coefficient (Wildman–Crippen LogP) is 4.15. The molecular weight excluding hydrogens is 380 g/mol. The van der Waals surface area contributed by atoms with Crippen molar-refractivity contribution < 1.29 is 19.1 Å². The molecule has 0 saturated heterocycles. The molecule has 6 heteroatoms. The lowest BCUT2D eigenvalue weighted by molar-refractivity contribution is 0.0469. The summed E-state index contributed by atoms with van der Waals surface area (Å²) in [5.74, 6) is -1.08. The molecule has 1 N–H and O–H groups in total. The molecule has 2 aromatic heterocycles. The lowest BCUT2D eigenvalue weighted by Crippen LogP contribution is -2.15. The Morgan fingerprint density at radius 1 is 1.07 bits per heavy atom. The van der Waals surface area contributed by atoms with Gasteiger partial charge in [0.05, 0.1) is 0 Å². The van der Waals surface area contributed by atoms with Gasteiger partial charge in [-0.3, -0.25) is 9.59 Å². The number of aromatic nitrogens is 2. The molecule has 6 nitrogen and oxygen atoms in total. The van der Waals surface area contributed by atoms with Gasteiger partial charge in [0.25, 0.3) is 0 Å². The van der Waals surface area contributed by atoms with Crippen LogP contribution in [0, 0.1) is 13.8 Å². The van der Waals surface area contributed by atoms with Crippen molar-refractivity contribution in [1.29, 1.82) is 0 Å². The molecule has 0 amide bonds. The highest BCUT2D eigenvalue weighted by atomic mass is 16.5. The Morgan fingerprint density at radius 3 is 2.57 bits per heavy atom. The number of aryl methyl sites for hydroxylation is 3. The number of carbonyl (C=O) groups excluding carboxylic acids is 3. The fourth-order valence-corrected chi connectivity index (χ4v) is 4.14. The van der Waals surface area contributed by atoms with E-state index in [1.54, 1.807) is 0 Å². The zero-order valence-electron chi connectivity index (χ0n) is 17.4. The molecule has 1 aliphatic carbocycles. The first kappa shape index (κ1) is 19.9. The average Bonchev–Trinajstić information content (AvgIpc) is 3.44. The third kappa shape index (κ3) is 3.61. The topological polar surface area (TPSA) is 81.2 Å². The molecule has 154 valence electrons. The van der Waals surface area contributed by atoms with Gasteiger partial charge in [0.15, 0.2) is 12.4 Å². The number of ether oxygens (including phenoxy) is 1. The van der Waals surface area contributed by atoms with Gasteiger partial charge in [0.1, 0.15) is 5.69 Å². The Morgan fingerprint density at radius 2 is 1.83 bits per heavy atom. The number of ketones is 2. The van der Waals surface area contributed by atoms with Crippen molar-refractivity contribution in [2.24, 2.45) is 0 Å². The van der Waals surface area contributed by atoms with Crippen molar-refractivity contribution in [2.75, 3.05) is 6.61 Å². The van der Waals surface area contributed by atoms with Crippen molar-refractivity contribution >= 4 is 17.5 Å². The number of rotatable bonds is 6. The summed E-state index contributed by atoms with van der Waals surface area (Å²) in [6.07, 6.45) is 4.86. The van der Waals surface area contributed by atoms with E-state index in [0.717, 1.165) is 29.9 Å². The Labute approximate surface area is 174 Å². The number of aromatic amines is 1. The first-order valence-corrected chi connectivity index (χ1v) is 10.1. The van der Waals surface area contributed by atoms with Crippen LogP contribution < -0.4 is 0 Å². The van der Waals surface area contributed by atoms with Crippen LogP contribution >= 0.6 is 0 Å². The monoisotopic (exact) mass is 404 g/mol. The van der Waals surface area contributed by atoms with Crippen LogP contribution in [0.4, 0.5) is 0 Å². The number of Topliss-reactive ketones (excluding diaryl/α,β-unsaturated/α-hetero) is 2. The first-order chi connectivity index (χ1) is 14.3. The van der Waals surface area contributed by atoms with Crippen LogP contribution in [0.2, 0.25) is 0 Å². The summed E-state index contributed by atoms with van der Waals surface area (Å²) < 4.78 is 7.23. The molecule has 0 fully saturated rings. The number of hydrogen-bond donors (Lipinski definition) is 1. The van der Waals surface area contributed by atoms with E-state index in [0.29, 0.717) is 11.1 Å². The summed E-state index contributed by atoms with van der Waals surface area (Å²) >= 11 is 0. The van der Waals surface area contributed by atoms with E-state index >= 15 is 0 Å². The molecule has 0 radical (unpaired) electrons. The molecule has 0 aliphatic heterocycles. The lowest BCUT2D eigenvalue weighted by atomic mass is 10.1. The molecule has 30 heavy (non-hydrogen) atoms. The maximum atomic E-state index is 12.7. The minimum Gasteiger partial charge on any atom is -0.453 e. The smallest absolute Gasteiger partial charge is 0.355 e. The zero-order chi connectivity index (χ0) is 21.4. The Bertz CT molecular complexity index is 1170. The van der Waals surface area contributed by atoms with Crippen LogP contribution in [0.1, 0.15) is 67.1 Å². The molecule has 4 rings (SSSR count). The van der Waals surface area contributed by atoms with Gasteiger partial charge in [-0.2, -0.15) is 0 Å². The van der Waals surface area contributed by atoms with Gasteiger partial charge in [-0.1, -0.05) is 6.07 Å². The molecule has 1 aliphatic rings. The fourth-order valence-electron chi connectivity index (χ4n) is 4.14. The van der Waals surface area contributed by atoms with Gasteiger partial charge in [-0.05, 0) is 75.4 Å². The molecule has 0 unspecified atom stereocenters. The van der Waals surface area contributed by atoms with Crippen molar-refractivity contribution in [3.05, 3.63) is 75.9 Å². The minimum absolute atomic E-state index is 0.150. The van der Waals surface area contributed by atoms with Crippen LogP contribution in [0.25, 0.3) is 5.69 Å². The van der Waals surface area contributed by atoms with E-state index in [2.05, 4.69) is 27.8 Å². The Kier molecular flexibility index (Phi) is 5.16. The molecule has 0 spiro atoms. The Hall–Kier alpha value is -3.41. The first-order valence-electron chi connectivity index (χ1n) is 10.1. The van der Waals surface area contributed by atoms with Crippen molar-refractivity contribution in [3.63, 3.8) is 0 Å². The molecule has 3 aromatic rings. The SMILES string of the molecule is CC(=O)c1c[nH]c(C(=O)OCC(=O)c2cc(C)n(-c3ccc4c(c3)CCC4)c2C)c1. The van der Waals surface area contributed by atoms with Crippen LogP contribution in [-0.4, -0.2) is 33.7 Å². The molecular formula is C24H24N2O4. The van der Waals surface area contributed by atoms with Crippen molar-refractivity contribution in [2.45, 2.75) is 40.0 Å². The summed E-state index contributed by atoms with van der Waals surface area (Å²) in [7, 11) is 0. The summed E-state index contributed by atoms with van der Waals surface area (Å²) in [4.78, 5) is 39.0. The maximum absolute atomic E-state index is 12.7. The summed E-state index contributed by atoms with van der Waals surface area (Å²) in [5.41, 5.74) is 6.68. The molecule has 2 heterocycles. The van der Waals surface area contributed by atoms with Gasteiger partial charge in [-0.25, -0.2) is 4.79 Å². The number of fused-ring (bicyclic) bond motifs is 1. The number of hydrogen-bond acceptors (Lipinski definition) is 4. The minimum atomic E-state index is -0.664. The number of benzene rings is 1. The standard InChI is InChI=1S/C24H24N2O4/c1-14-9-21(15(2)26(14)20-8-7-17-5-4-6-18(17)10-20)23(28)13-30-24(29)22-11-19(12-25-22)16(3)27/h7-12,25H,4-6,13H2,1-3H3. The highest BCUT2D eigenvalue weighted by Crippen LogP contribution is 2.27. The van der Waals surface area contributed by atoms with E-state index in [1.165, 1.54) is 36.7 Å². The van der Waals surface area contributed by atoms with Gasteiger partial charge < -0.3 is 14.3 Å². The number of nitrogens with one attached hydrogen (secondary N) is 1. The second-order valence-corrected chi connectivity index (χ2v) is 7.78. The normalized spacial score (nSPS) is 12.6. The summed E-state index contributed by atoms with van der Waals surface area (Å²) in [5, 5.41) is 0. The van der Waals surface area contributed by atoms with E-state index in [9.17, 15) is 14.4 Å². The molecule has 0 saturated carbocycles. The van der Waals surface area contributed by atoms with Crippen LogP contribution in [-0.2, 0) is 17.6 Å². The van der Waals surface area contributed by atoms with Crippen molar-refractivity contribution in [1.82, 2.24) is 9.55 Å². The molecule has 0 atom stereocenters. The average molecular weight is 404 g/mol. The Balaban J connectivity index is 1.50. The van der Waals surface area contributed by atoms with Gasteiger partial charge >= 0.3 is 5.97 Å². The third-order valence-electron chi connectivity index (χ3n) is 5.72. The van der Waals surface area contributed by atoms with Crippen molar-refractivity contribution in [3.8, 4) is 5.69 Å². The maximum Gasteiger partial charge on any atom is 0.355 e. The summed E-state index contributed by atoms with van der Waals surface area (Å²) in [6.45, 7) is 4.92. The quantitative estimate of drug-likeness (QED) is 0.494. The van der Waals surface area contributed by atoms with Crippen LogP contribution in [0.15, 0.2) is 36.5 Å². The number of esters is 1. The number of nitrogens with zero attached hydrogens (tertiary/aromatic N) is 1. The fraction of sp³-hybridized carbons (Fsp3) is 0.292. The third-order valence-corrected chi connectivity index (χ3v) is 5.72. The zero-order valence-corrected chi connectivity index (χ0v) is 17.4. The summed E-state index contributed by atoms with van der Waals surface area (Å²) in [6, 6.07) is 9.73. The van der Waals surface area contributed by atoms with Gasteiger partial charge in [0, 0.05) is 34.4 Å². The van der Waals surface area contributed by atoms with E-state index < -0.39 is 5.97 Å². The van der Waals surface area contributed by atoms with E-state index in [1.807, 2.05) is 19.9 Å².